The topological polar surface area (TPSA) is 32.7 Å². The Kier molecular flexibility index (Phi) is 3.53. The van der Waals surface area contributed by atoms with E-state index in [0.717, 1.165) is 17.9 Å². The quantitative estimate of drug-likeness (QED) is 0.894. The first-order valence-electron chi connectivity index (χ1n) is 6.61. The van der Waals surface area contributed by atoms with Gasteiger partial charge in [-0.1, -0.05) is 0 Å². The molecule has 3 heteroatoms. The molecule has 0 saturated carbocycles. The van der Waals surface area contributed by atoms with Gasteiger partial charge in [-0.15, -0.1) is 0 Å². The third kappa shape index (κ3) is 2.78. The summed E-state index contributed by atoms with van der Waals surface area (Å²) in [6.07, 6.45) is 0.782. The van der Waals surface area contributed by atoms with E-state index in [1.807, 2.05) is 26.0 Å². The molecule has 1 unspecified atom stereocenters. The average Bonchev–Trinajstić information content (AvgIpc) is 2.52. The lowest BCUT2D eigenvalue weighted by molar-refractivity contribution is 0.188. The van der Waals surface area contributed by atoms with Crippen molar-refractivity contribution in [2.75, 3.05) is 11.4 Å². The molecule has 1 aromatic carbocycles. The van der Waals surface area contributed by atoms with Crippen molar-refractivity contribution in [3.63, 3.8) is 0 Å². The van der Waals surface area contributed by atoms with Crippen LogP contribution >= 0.6 is 0 Å². The highest BCUT2D eigenvalue weighted by atomic mass is 16.5. The highest BCUT2D eigenvalue weighted by molar-refractivity contribution is 5.52. The molecule has 0 aromatic heterocycles. The minimum absolute atomic E-state index is 0.0137. The average molecular weight is 249 g/mol. The van der Waals surface area contributed by atoms with E-state index in [1.54, 1.807) is 0 Å². The van der Waals surface area contributed by atoms with Crippen molar-refractivity contribution in [3.05, 3.63) is 24.3 Å². The number of β-amino-alcohol motifs (C(OH)–C–C–N with tert-alkyl or cyclic N) is 1. The highest BCUT2D eigenvalue weighted by Gasteiger charge is 2.37. The lowest BCUT2D eigenvalue weighted by atomic mass is 10.0. The van der Waals surface area contributed by atoms with Gasteiger partial charge in [-0.3, -0.25) is 0 Å². The summed E-state index contributed by atoms with van der Waals surface area (Å²) in [5, 5.41) is 9.80. The number of aliphatic hydroxyl groups excluding tert-OH is 1. The molecule has 0 radical (unpaired) electrons. The predicted molar refractivity (Wildman–Crippen MR) is 74.3 cm³/mol. The predicted octanol–water partition coefficient (Wildman–Crippen LogP) is 2.82. The number of anilines is 1. The fourth-order valence-corrected chi connectivity index (χ4v) is 2.64. The third-order valence-electron chi connectivity index (χ3n) is 3.38. The van der Waals surface area contributed by atoms with E-state index < -0.39 is 0 Å². The summed E-state index contributed by atoms with van der Waals surface area (Å²) in [6.45, 7) is 9.09. The molecule has 100 valence electrons. The van der Waals surface area contributed by atoms with Crippen molar-refractivity contribution < 1.29 is 9.84 Å². The maximum Gasteiger partial charge on any atom is 0.119 e. The van der Waals surface area contributed by atoms with Gasteiger partial charge in [0.1, 0.15) is 5.75 Å². The second-order valence-corrected chi connectivity index (χ2v) is 5.94. The van der Waals surface area contributed by atoms with Crippen LogP contribution in [0, 0.1) is 0 Å². The van der Waals surface area contributed by atoms with Crippen LogP contribution in [0.5, 0.6) is 5.75 Å². The van der Waals surface area contributed by atoms with Crippen molar-refractivity contribution in [2.24, 2.45) is 0 Å². The van der Waals surface area contributed by atoms with Crippen molar-refractivity contribution >= 4 is 5.69 Å². The Balaban J connectivity index is 2.14. The summed E-state index contributed by atoms with van der Waals surface area (Å²) in [7, 11) is 0. The number of nitrogens with zero attached hydrogens (tertiary/aromatic N) is 1. The van der Waals surface area contributed by atoms with Crippen molar-refractivity contribution in [1.82, 2.24) is 0 Å². The summed E-state index contributed by atoms with van der Waals surface area (Å²) in [5.74, 6) is 0.895. The lowest BCUT2D eigenvalue weighted by Crippen LogP contribution is -2.38. The van der Waals surface area contributed by atoms with Crippen LogP contribution in [0.4, 0.5) is 5.69 Å². The van der Waals surface area contributed by atoms with Gasteiger partial charge in [0.15, 0.2) is 0 Å². The molecule has 1 aromatic rings. The molecule has 0 aliphatic carbocycles. The number of hydrogen-bond donors (Lipinski definition) is 1. The SMILES string of the molecule is CC(C)Oc1ccc(N2CC(O)CC2(C)C)cc1. The standard InChI is InChI=1S/C15H23NO2/c1-11(2)18-14-7-5-12(6-8-14)16-10-13(17)9-15(16,3)4/h5-8,11,13,17H,9-10H2,1-4H3. The van der Waals surface area contributed by atoms with E-state index in [0.29, 0.717) is 6.54 Å². The molecule has 0 spiro atoms. The van der Waals surface area contributed by atoms with Crippen LogP contribution in [0.3, 0.4) is 0 Å². The summed E-state index contributed by atoms with van der Waals surface area (Å²) in [6, 6.07) is 8.13. The van der Waals surface area contributed by atoms with E-state index in [4.69, 9.17) is 4.74 Å². The fourth-order valence-electron chi connectivity index (χ4n) is 2.64. The Morgan fingerprint density at radius 3 is 2.33 bits per heavy atom. The minimum Gasteiger partial charge on any atom is -0.491 e. The van der Waals surface area contributed by atoms with E-state index in [-0.39, 0.29) is 17.7 Å². The van der Waals surface area contributed by atoms with Gasteiger partial charge in [0.2, 0.25) is 0 Å². The Morgan fingerprint density at radius 1 is 1.28 bits per heavy atom. The van der Waals surface area contributed by atoms with E-state index in [1.165, 1.54) is 0 Å². The van der Waals surface area contributed by atoms with E-state index in [2.05, 4.69) is 30.9 Å². The summed E-state index contributed by atoms with van der Waals surface area (Å²) in [5.41, 5.74) is 1.16. The molecule has 1 atom stereocenters. The Labute approximate surface area is 109 Å². The van der Waals surface area contributed by atoms with Crippen LogP contribution in [0.2, 0.25) is 0 Å². The first-order valence-corrected chi connectivity index (χ1v) is 6.61. The van der Waals surface area contributed by atoms with Crippen molar-refractivity contribution in [1.29, 1.82) is 0 Å². The molecule has 1 N–H and O–H groups in total. The number of aliphatic hydroxyl groups is 1. The maximum atomic E-state index is 9.80. The maximum absolute atomic E-state index is 9.80. The number of hydrogen-bond acceptors (Lipinski definition) is 3. The first kappa shape index (κ1) is 13.2. The van der Waals surface area contributed by atoms with Crippen LogP contribution in [-0.4, -0.2) is 29.4 Å². The molecular weight excluding hydrogens is 226 g/mol. The monoisotopic (exact) mass is 249 g/mol. The number of ether oxygens (including phenoxy) is 1. The number of benzene rings is 1. The fraction of sp³-hybridized carbons (Fsp3) is 0.600. The zero-order valence-electron chi connectivity index (χ0n) is 11.7. The molecule has 1 aliphatic rings. The van der Waals surface area contributed by atoms with Crippen LogP contribution in [0.1, 0.15) is 34.1 Å². The highest BCUT2D eigenvalue weighted by Crippen LogP contribution is 2.34. The largest absolute Gasteiger partial charge is 0.491 e. The van der Waals surface area contributed by atoms with Gasteiger partial charge >= 0.3 is 0 Å². The van der Waals surface area contributed by atoms with Crippen molar-refractivity contribution in [3.8, 4) is 5.75 Å². The molecule has 0 amide bonds. The van der Waals surface area contributed by atoms with Crippen LogP contribution < -0.4 is 9.64 Å². The first-order chi connectivity index (χ1) is 8.38. The molecular formula is C15H23NO2. The van der Waals surface area contributed by atoms with Gasteiger partial charge in [-0.25, -0.2) is 0 Å². The molecule has 1 aliphatic heterocycles. The van der Waals surface area contributed by atoms with Gasteiger partial charge < -0.3 is 14.7 Å². The van der Waals surface area contributed by atoms with Crippen LogP contribution in [0.25, 0.3) is 0 Å². The summed E-state index contributed by atoms with van der Waals surface area (Å²) >= 11 is 0. The van der Waals surface area contributed by atoms with E-state index >= 15 is 0 Å². The second kappa shape index (κ2) is 4.81. The Hall–Kier alpha value is -1.22. The Morgan fingerprint density at radius 2 is 1.89 bits per heavy atom. The molecule has 1 fully saturated rings. The third-order valence-corrected chi connectivity index (χ3v) is 3.38. The lowest BCUT2D eigenvalue weighted by Gasteiger charge is -2.33. The normalized spacial score (nSPS) is 22.6. The zero-order chi connectivity index (χ0) is 13.3. The van der Waals surface area contributed by atoms with Gasteiger partial charge in [-0.2, -0.15) is 0 Å². The minimum atomic E-state index is -0.230. The molecule has 2 rings (SSSR count). The number of rotatable bonds is 3. The van der Waals surface area contributed by atoms with Gasteiger partial charge in [0.25, 0.3) is 0 Å². The van der Waals surface area contributed by atoms with Crippen LogP contribution in [0.15, 0.2) is 24.3 Å². The molecule has 1 heterocycles. The smallest absolute Gasteiger partial charge is 0.119 e. The van der Waals surface area contributed by atoms with Crippen molar-refractivity contribution in [2.45, 2.75) is 51.9 Å². The van der Waals surface area contributed by atoms with Gasteiger partial charge in [0.05, 0.1) is 12.2 Å². The molecule has 0 bridgehead atoms. The summed E-state index contributed by atoms with van der Waals surface area (Å²) < 4.78 is 5.64. The molecule has 1 saturated heterocycles. The van der Waals surface area contributed by atoms with Gasteiger partial charge in [-0.05, 0) is 58.4 Å². The summed E-state index contributed by atoms with van der Waals surface area (Å²) in [4.78, 5) is 2.26. The molecule has 18 heavy (non-hydrogen) atoms. The Bertz CT molecular complexity index is 397. The van der Waals surface area contributed by atoms with Gasteiger partial charge in [0, 0.05) is 17.8 Å². The van der Waals surface area contributed by atoms with E-state index in [9.17, 15) is 5.11 Å². The second-order valence-electron chi connectivity index (χ2n) is 5.94. The van der Waals surface area contributed by atoms with Crippen LogP contribution in [-0.2, 0) is 0 Å². The zero-order valence-corrected chi connectivity index (χ0v) is 11.7. The molecule has 3 nitrogen and oxygen atoms in total.